The molecule has 190 valence electrons. The molecule has 3 aromatic rings. The van der Waals surface area contributed by atoms with E-state index in [4.69, 9.17) is 21.1 Å². The van der Waals surface area contributed by atoms with E-state index in [0.717, 1.165) is 36.9 Å². The van der Waals surface area contributed by atoms with Crippen LogP contribution >= 0.6 is 11.6 Å². The average Bonchev–Trinajstić information content (AvgIpc) is 2.86. The summed E-state index contributed by atoms with van der Waals surface area (Å²) in [5.41, 5.74) is 2.06. The van der Waals surface area contributed by atoms with Crippen molar-refractivity contribution in [3.05, 3.63) is 83.0 Å². The maximum atomic E-state index is 12.8. The first-order valence-electron chi connectivity index (χ1n) is 12.5. The molecule has 0 atom stereocenters. The fourth-order valence-corrected chi connectivity index (χ4v) is 4.36. The van der Waals surface area contributed by atoms with E-state index >= 15 is 0 Å². The fourth-order valence-electron chi connectivity index (χ4n) is 4.23. The molecule has 0 fully saturated rings. The van der Waals surface area contributed by atoms with Crippen molar-refractivity contribution in [1.82, 2.24) is 15.2 Å². The number of hydrogen-bond donors (Lipinski definition) is 1. The molecule has 0 aliphatic carbocycles. The van der Waals surface area contributed by atoms with Crippen molar-refractivity contribution in [3.8, 4) is 17.4 Å². The monoisotopic (exact) mass is 507 g/mol. The van der Waals surface area contributed by atoms with E-state index in [0.29, 0.717) is 48.6 Å². The number of halogens is 1. The van der Waals surface area contributed by atoms with Crippen LogP contribution < -0.4 is 14.8 Å². The molecule has 0 bridgehead atoms. The van der Waals surface area contributed by atoms with Crippen molar-refractivity contribution in [2.45, 2.75) is 39.7 Å². The molecular formula is C29H34ClN3O3. The molecule has 1 N–H and O–H groups in total. The maximum Gasteiger partial charge on any atom is 0.234 e. The number of fused-ring (bicyclic) bond motifs is 2. The zero-order valence-corrected chi connectivity index (χ0v) is 21.8. The SMILES string of the molecule is CC1(C)CCCN(CC(=O)NCCc2ccc(Cl)cc2)Cc2cccnc2Oc2ccccc2OC1. The number of nitrogens with zero attached hydrogens (tertiary/aromatic N) is 2. The molecule has 1 aliphatic heterocycles. The van der Waals surface area contributed by atoms with Gasteiger partial charge in [-0.3, -0.25) is 9.69 Å². The molecule has 0 saturated carbocycles. The Bertz CT molecular complexity index is 1150. The third-order valence-corrected chi connectivity index (χ3v) is 6.51. The summed E-state index contributed by atoms with van der Waals surface area (Å²) in [6, 6.07) is 19.3. The summed E-state index contributed by atoms with van der Waals surface area (Å²) in [7, 11) is 0. The Morgan fingerprint density at radius 1 is 1.08 bits per heavy atom. The van der Waals surface area contributed by atoms with Crippen LogP contribution in [-0.4, -0.2) is 42.0 Å². The van der Waals surface area contributed by atoms with E-state index in [9.17, 15) is 4.79 Å². The third-order valence-electron chi connectivity index (χ3n) is 6.26. The van der Waals surface area contributed by atoms with Gasteiger partial charge < -0.3 is 14.8 Å². The maximum absolute atomic E-state index is 12.8. The number of carbonyl (C=O) groups is 1. The Morgan fingerprint density at radius 3 is 2.67 bits per heavy atom. The standard InChI is InChI=1S/C29H34ClN3O3/c1-29(2)15-6-18-33(20-27(34)31-17-14-22-10-12-24(30)13-11-22)19-23-7-5-16-32-28(23)36-26-9-4-3-8-25(26)35-21-29/h3-5,7-13,16H,6,14-15,17-21H2,1-2H3,(H,31,34). The second kappa shape index (κ2) is 12.2. The van der Waals surface area contributed by atoms with Gasteiger partial charge in [-0.25, -0.2) is 4.98 Å². The lowest BCUT2D eigenvalue weighted by Gasteiger charge is -2.27. The minimum absolute atomic E-state index is 0.00702. The van der Waals surface area contributed by atoms with Crippen LogP contribution in [0.15, 0.2) is 66.9 Å². The number of ether oxygens (including phenoxy) is 2. The molecular weight excluding hydrogens is 474 g/mol. The van der Waals surface area contributed by atoms with Crippen molar-refractivity contribution in [2.24, 2.45) is 5.41 Å². The minimum atomic E-state index is -0.0151. The van der Waals surface area contributed by atoms with Crippen molar-refractivity contribution in [2.75, 3.05) is 26.2 Å². The average molecular weight is 508 g/mol. The van der Waals surface area contributed by atoms with Crippen LogP contribution in [0.1, 0.15) is 37.8 Å². The van der Waals surface area contributed by atoms with E-state index in [2.05, 4.69) is 29.0 Å². The van der Waals surface area contributed by atoms with Gasteiger partial charge in [0.05, 0.1) is 13.2 Å². The number of nitrogens with one attached hydrogen (secondary N) is 1. The van der Waals surface area contributed by atoms with Crippen molar-refractivity contribution >= 4 is 17.5 Å². The number of aromatic nitrogens is 1. The molecule has 1 aromatic heterocycles. The second-order valence-corrected chi connectivity index (χ2v) is 10.4. The van der Waals surface area contributed by atoms with Crippen LogP contribution in [0.2, 0.25) is 5.02 Å². The zero-order chi connectivity index (χ0) is 25.4. The number of pyridine rings is 1. The minimum Gasteiger partial charge on any atom is -0.489 e. The molecule has 0 radical (unpaired) electrons. The molecule has 0 unspecified atom stereocenters. The van der Waals surface area contributed by atoms with Crippen LogP contribution in [0, 0.1) is 5.41 Å². The molecule has 0 saturated heterocycles. The number of rotatable bonds is 5. The summed E-state index contributed by atoms with van der Waals surface area (Å²) in [6.45, 7) is 7.24. The smallest absolute Gasteiger partial charge is 0.234 e. The summed E-state index contributed by atoms with van der Waals surface area (Å²) in [5, 5.41) is 3.78. The predicted octanol–water partition coefficient (Wildman–Crippen LogP) is 5.89. The molecule has 7 heteroatoms. The van der Waals surface area contributed by atoms with Gasteiger partial charge in [-0.05, 0) is 67.1 Å². The quantitative estimate of drug-likeness (QED) is 0.466. The number of benzene rings is 2. The Balaban J connectivity index is 1.46. The second-order valence-electron chi connectivity index (χ2n) is 10.0. The van der Waals surface area contributed by atoms with Gasteiger partial charge in [0.2, 0.25) is 11.8 Å². The van der Waals surface area contributed by atoms with Gasteiger partial charge in [0.1, 0.15) is 0 Å². The van der Waals surface area contributed by atoms with Crippen LogP contribution in [0.25, 0.3) is 0 Å². The summed E-state index contributed by atoms with van der Waals surface area (Å²) >= 11 is 5.96. The van der Waals surface area contributed by atoms with E-state index in [-0.39, 0.29) is 11.3 Å². The topological polar surface area (TPSA) is 63.7 Å². The summed E-state index contributed by atoms with van der Waals surface area (Å²) < 4.78 is 12.4. The Hall–Kier alpha value is -3.09. The molecule has 1 amide bonds. The van der Waals surface area contributed by atoms with Gasteiger partial charge in [0, 0.05) is 29.9 Å². The molecule has 2 heterocycles. The third kappa shape index (κ3) is 7.70. The van der Waals surface area contributed by atoms with Gasteiger partial charge in [-0.1, -0.05) is 55.8 Å². The number of hydrogen-bond acceptors (Lipinski definition) is 5. The normalized spacial score (nSPS) is 16.1. The lowest BCUT2D eigenvalue weighted by molar-refractivity contribution is -0.122. The number of carbonyl (C=O) groups excluding carboxylic acids is 1. The molecule has 6 nitrogen and oxygen atoms in total. The number of para-hydroxylation sites is 2. The van der Waals surface area contributed by atoms with Gasteiger partial charge in [0.25, 0.3) is 0 Å². The summed E-state index contributed by atoms with van der Waals surface area (Å²) in [4.78, 5) is 19.5. The molecule has 1 aliphatic rings. The van der Waals surface area contributed by atoms with Gasteiger partial charge in [-0.2, -0.15) is 0 Å². The Kier molecular flexibility index (Phi) is 8.83. The first-order valence-corrected chi connectivity index (χ1v) is 12.8. The van der Waals surface area contributed by atoms with Crippen LogP contribution in [0.3, 0.4) is 0 Å². The highest BCUT2D eigenvalue weighted by atomic mass is 35.5. The number of amides is 1. The lowest BCUT2D eigenvalue weighted by Crippen LogP contribution is -2.38. The summed E-state index contributed by atoms with van der Waals surface area (Å²) in [5.74, 6) is 1.88. The van der Waals surface area contributed by atoms with Gasteiger partial charge in [0.15, 0.2) is 11.5 Å². The Labute approximate surface area is 218 Å². The van der Waals surface area contributed by atoms with Crippen LogP contribution in [0.5, 0.6) is 17.4 Å². The zero-order valence-electron chi connectivity index (χ0n) is 21.0. The first-order chi connectivity index (χ1) is 17.4. The highest BCUT2D eigenvalue weighted by Crippen LogP contribution is 2.34. The molecule has 2 aromatic carbocycles. The Morgan fingerprint density at radius 2 is 1.86 bits per heavy atom. The molecule has 36 heavy (non-hydrogen) atoms. The molecule has 4 rings (SSSR count). The van der Waals surface area contributed by atoms with Crippen molar-refractivity contribution in [3.63, 3.8) is 0 Å². The van der Waals surface area contributed by atoms with E-state index in [1.807, 2.05) is 60.7 Å². The predicted molar refractivity (Wildman–Crippen MR) is 143 cm³/mol. The fraction of sp³-hybridized carbons (Fsp3) is 0.379. The van der Waals surface area contributed by atoms with Crippen LogP contribution in [0.4, 0.5) is 0 Å². The van der Waals surface area contributed by atoms with E-state index < -0.39 is 0 Å². The lowest BCUT2D eigenvalue weighted by atomic mass is 9.88. The van der Waals surface area contributed by atoms with E-state index in [1.165, 1.54) is 0 Å². The van der Waals surface area contributed by atoms with E-state index in [1.54, 1.807) is 6.20 Å². The van der Waals surface area contributed by atoms with Gasteiger partial charge >= 0.3 is 0 Å². The molecule has 0 spiro atoms. The van der Waals surface area contributed by atoms with Crippen LogP contribution in [-0.2, 0) is 17.8 Å². The van der Waals surface area contributed by atoms with Crippen molar-refractivity contribution in [1.29, 1.82) is 0 Å². The van der Waals surface area contributed by atoms with Crippen molar-refractivity contribution < 1.29 is 14.3 Å². The largest absolute Gasteiger partial charge is 0.489 e. The first kappa shape index (κ1) is 26.0. The van der Waals surface area contributed by atoms with Gasteiger partial charge in [-0.15, -0.1) is 0 Å². The highest BCUT2D eigenvalue weighted by Gasteiger charge is 2.23. The highest BCUT2D eigenvalue weighted by molar-refractivity contribution is 6.30. The summed E-state index contributed by atoms with van der Waals surface area (Å²) in [6.07, 6.45) is 4.41.